The number of hydrogen-bond donors (Lipinski definition) is 1. The molecule has 2 rings (SSSR count). The minimum atomic E-state index is -0.802. The molecule has 0 saturated heterocycles. The Hall–Kier alpha value is -1.38. The summed E-state index contributed by atoms with van der Waals surface area (Å²) in [7, 11) is 0. The summed E-state index contributed by atoms with van der Waals surface area (Å²) >= 11 is 1.80. The Labute approximate surface area is 130 Å². The Morgan fingerprint density at radius 2 is 2.38 bits per heavy atom. The normalized spacial score (nSPS) is 21.4. The number of nitrogens with one attached hydrogen (secondary N) is 1. The molecule has 1 aromatic heterocycles. The van der Waals surface area contributed by atoms with Crippen molar-refractivity contribution < 1.29 is 4.79 Å². The van der Waals surface area contributed by atoms with E-state index in [1.807, 2.05) is 13.8 Å². The molecule has 21 heavy (non-hydrogen) atoms. The van der Waals surface area contributed by atoms with Crippen LogP contribution in [0.15, 0.2) is 11.4 Å². The Kier molecular flexibility index (Phi) is 4.70. The summed E-state index contributed by atoms with van der Waals surface area (Å²) in [6.07, 6.45) is 1.00. The van der Waals surface area contributed by atoms with Gasteiger partial charge in [-0.05, 0) is 43.2 Å². The van der Waals surface area contributed by atoms with Crippen molar-refractivity contribution in [1.29, 1.82) is 5.26 Å². The van der Waals surface area contributed by atoms with Crippen molar-refractivity contribution in [3.8, 4) is 6.07 Å². The summed E-state index contributed by atoms with van der Waals surface area (Å²) < 4.78 is 0. The number of carbonyl (C=O) groups is 1. The van der Waals surface area contributed by atoms with Crippen LogP contribution in [0.5, 0.6) is 0 Å². The molecule has 2 heterocycles. The molecule has 5 heteroatoms. The molecule has 0 spiro atoms. The first-order valence-corrected chi connectivity index (χ1v) is 8.28. The van der Waals surface area contributed by atoms with E-state index >= 15 is 0 Å². The van der Waals surface area contributed by atoms with Gasteiger partial charge in [0.2, 0.25) is 5.91 Å². The fraction of sp³-hybridized carbons (Fsp3) is 0.625. The third-order valence-electron chi connectivity index (χ3n) is 4.54. The van der Waals surface area contributed by atoms with Crippen LogP contribution in [0.3, 0.4) is 0 Å². The minimum absolute atomic E-state index is 0.0710. The van der Waals surface area contributed by atoms with Gasteiger partial charge in [0, 0.05) is 17.5 Å². The van der Waals surface area contributed by atoms with E-state index in [0.29, 0.717) is 6.54 Å². The van der Waals surface area contributed by atoms with Gasteiger partial charge in [-0.15, -0.1) is 11.3 Å². The van der Waals surface area contributed by atoms with E-state index in [1.54, 1.807) is 18.3 Å². The fourth-order valence-corrected chi connectivity index (χ4v) is 3.56. The van der Waals surface area contributed by atoms with Crippen LogP contribution < -0.4 is 5.32 Å². The van der Waals surface area contributed by atoms with Crippen LogP contribution >= 0.6 is 11.3 Å². The average Bonchev–Trinajstić information content (AvgIpc) is 2.90. The second-order valence-corrected chi connectivity index (χ2v) is 7.21. The van der Waals surface area contributed by atoms with Gasteiger partial charge in [-0.25, -0.2) is 0 Å². The molecule has 1 aliphatic rings. The van der Waals surface area contributed by atoms with Crippen molar-refractivity contribution in [3.63, 3.8) is 0 Å². The number of thiophene rings is 1. The molecule has 1 aromatic rings. The van der Waals surface area contributed by atoms with Crippen LogP contribution in [-0.2, 0) is 11.2 Å². The molecule has 0 bridgehead atoms. The molecule has 0 aromatic carbocycles. The molecule has 0 aliphatic carbocycles. The predicted molar refractivity (Wildman–Crippen MR) is 85.0 cm³/mol. The minimum Gasteiger partial charge on any atom is -0.337 e. The van der Waals surface area contributed by atoms with E-state index < -0.39 is 5.54 Å². The number of fused-ring (bicyclic) bond motifs is 1. The van der Waals surface area contributed by atoms with Gasteiger partial charge in [-0.1, -0.05) is 13.8 Å². The molecule has 2 atom stereocenters. The summed E-state index contributed by atoms with van der Waals surface area (Å²) in [6.45, 7) is 9.07. The first-order chi connectivity index (χ1) is 9.87. The van der Waals surface area contributed by atoms with Crippen LogP contribution in [0.25, 0.3) is 0 Å². The lowest BCUT2D eigenvalue weighted by atomic mass is 9.90. The van der Waals surface area contributed by atoms with Crippen LogP contribution in [0, 0.1) is 17.2 Å². The average molecular weight is 305 g/mol. The third kappa shape index (κ3) is 3.28. The summed E-state index contributed by atoms with van der Waals surface area (Å²) in [4.78, 5) is 15.9. The van der Waals surface area contributed by atoms with Gasteiger partial charge in [0.15, 0.2) is 0 Å². The van der Waals surface area contributed by atoms with Crippen molar-refractivity contribution in [2.24, 2.45) is 5.92 Å². The van der Waals surface area contributed by atoms with Crippen molar-refractivity contribution in [3.05, 3.63) is 21.9 Å². The highest BCUT2D eigenvalue weighted by Crippen LogP contribution is 2.32. The fourth-order valence-electron chi connectivity index (χ4n) is 2.59. The molecule has 0 fully saturated rings. The molecule has 0 saturated carbocycles. The highest BCUT2D eigenvalue weighted by atomic mass is 32.1. The van der Waals surface area contributed by atoms with Crippen LogP contribution in [0.1, 0.15) is 44.2 Å². The van der Waals surface area contributed by atoms with E-state index in [4.69, 9.17) is 0 Å². The van der Waals surface area contributed by atoms with Gasteiger partial charge in [-0.2, -0.15) is 5.26 Å². The van der Waals surface area contributed by atoms with Crippen molar-refractivity contribution in [1.82, 2.24) is 10.2 Å². The summed E-state index contributed by atoms with van der Waals surface area (Å²) in [5, 5.41) is 14.3. The standard InChI is InChI=1S/C16H23N3OS/c1-11(2)16(4,10-17)18-15(20)9-19-7-5-14-13(12(19)3)6-8-21-14/h6,8,11-12H,5,7,9H2,1-4H3,(H,18,20)/t12-,16-/m0/s1. The Morgan fingerprint density at radius 1 is 1.67 bits per heavy atom. The molecular formula is C16H23N3OS. The van der Waals surface area contributed by atoms with Gasteiger partial charge in [-0.3, -0.25) is 9.69 Å². The maximum absolute atomic E-state index is 12.3. The lowest BCUT2D eigenvalue weighted by Crippen LogP contribution is -2.52. The van der Waals surface area contributed by atoms with Gasteiger partial charge in [0.1, 0.15) is 5.54 Å². The van der Waals surface area contributed by atoms with E-state index in [9.17, 15) is 10.1 Å². The topological polar surface area (TPSA) is 56.1 Å². The first-order valence-electron chi connectivity index (χ1n) is 7.40. The van der Waals surface area contributed by atoms with Crippen LogP contribution in [-0.4, -0.2) is 29.4 Å². The number of carbonyl (C=O) groups excluding carboxylic acids is 1. The molecule has 114 valence electrons. The second-order valence-electron chi connectivity index (χ2n) is 6.21. The van der Waals surface area contributed by atoms with Gasteiger partial charge in [0.05, 0.1) is 12.6 Å². The van der Waals surface area contributed by atoms with Crippen LogP contribution in [0.2, 0.25) is 0 Å². The van der Waals surface area contributed by atoms with E-state index in [2.05, 4.69) is 34.7 Å². The van der Waals surface area contributed by atoms with Crippen molar-refractivity contribution in [2.45, 2.75) is 45.7 Å². The predicted octanol–water partition coefficient (Wildman–Crippen LogP) is 2.72. The monoisotopic (exact) mass is 305 g/mol. The van der Waals surface area contributed by atoms with Crippen molar-refractivity contribution >= 4 is 17.2 Å². The van der Waals surface area contributed by atoms with Gasteiger partial charge in [0.25, 0.3) is 0 Å². The second kappa shape index (κ2) is 6.17. The lowest BCUT2D eigenvalue weighted by Gasteiger charge is -2.34. The Balaban J connectivity index is 2.00. The molecule has 4 nitrogen and oxygen atoms in total. The number of nitrogens with zero attached hydrogens (tertiary/aromatic N) is 2. The maximum Gasteiger partial charge on any atom is 0.235 e. The number of amides is 1. The SMILES string of the molecule is CC(C)[C@](C)(C#N)NC(=O)CN1CCc2sccc2[C@@H]1C. The number of nitriles is 1. The highest BCUT2D eigenvalue weighted by molar-refractivity contribution is 7.10. The zero-order valence-corrected chi connectivity index (χ0v) is 14.0. The molecule has 0 radical (unpaired) electrons. The summed E-state index contributed by atoms with van der Waals surface area (Å²) in [6, 6.07) is 4.64. The van der Waals surface area contributed by atoms with Crippen LogP contribution in [0.4, 0.5) is 0 Å². The zero-order valence-electron chi connectivity index (χ0n) is 13.1. The Morgan fingerprint density at radius 3 is 3.00 bits per heavy atom. The maximum atomic E-state index is 12.3. The van der Waals surface area contributed by atoms with Gasteiger partial charge >= 0.3 is 0 Å². The van der Waals surface area contributed by atoms with Gasteiger partial charge < -0.3 is 5.32 Å². The molecule has 1 amide bonds. The largest absolute Gasteiger partial charge is 0.337 e. The molecule has 1 aliphatic heterocycles. The summed E-state index contributed by atoms with van der Waals surface area (Å²) in [5.74, 6) is 0.00647. The quantitative estimate of drug-likeness (QED) is 0.930. The first kappa shape index (κ1) is 16.0. The molecule has 1 N–H and O–H groups in total. The highest BCUT2D eigenvalue weighted by Gasteiger charge is 2.32. The zero-order chi connectivity index (χ0) is 15.6. The van der Waals surface area contributed by atoms with E-state index in [-0.39, 0.29) is 17.9 Å². The van der Waals surface area contributed by atoms with E-state index in [1.165, 1.54) is 10.4 Å². The molecular weight excluding hydrogens is 282 g/mol. The Bertz CT molecular complexity index is 560. The third-order valence-corrected chi connectivity index (χ3v) is 5.53. The number of hydrogen-bond acceptors (Lipinski definition) is 4. The lowest BCUT2D eigenvalue weighted by molar-refractivity contribution is -0.124. The smallest absolute Gasteiger partial charge is 0.235 e. The van der Waals surface area contributed by atoms with E-state index in [0.717, 1.165) is 13.0 Å². The number of rotatable bonds is 4. The molecule has 0 unspecified atom stereocenters. The summed E-state index contributed by atoms with van der Waals surface area (Å²) in [5.41, 5.74) is 0.537. The van der Waals surface area contributed by atoms with Crippen molar-refractivity contribution in [2.75, 3.05) is 13.1 Å².